The number of hydrogen-bond donors (Lipinski definition) is 2. The molecule has 172 valence electrons. The molecule has 1 amide bonds. The Bertz CT molecular complexity index is 835. The number of thioether (sulfide) groups is 1. The third-order valence-corrected chi connectivity index (χ3v) is 6.74. The van der Waals surface area contributed by atoms with E-state index in [0.29, 0.717) is 6.54 Å². The van der Waals surface area contributed by atoms with Crippen LogP contribution in [-0.4, -0.2) is 37.0 Å². The molecular formula is C27H37N3OS. The van der Waals surface area contributed by atoms with Crippen LogP contribution < -0.4 is 10.6 Å². The lowest BCUT2D eigenvalue weighted by Crippen LogP contribution is -2.45. The molecule has 2 N–H and O–H groups in total. The molecule has 0 aliphatic carbocycles. The largest absolute Gasteiger partial charge is 0.355 e. The molecule has 0 aromatic heterocycles. The van der Waals surface area contributed by atoms with Gasteiger partial charge in [-0.25, -0.2) is 0 Å². The summed E-state index contributed by atoms with van der Waals surface area (Å²) in [6, 6.07) is 22.8. The second-order valence-electron chi connectivity index (χ2n) is 8.52. The van der Waals surface area contributed by atoms with Gasteiger partial charge in [-0.3, -0.25) is 4.79 Å². The Hall–Kier alpha value is -2.29. The Balaban J connectivity index is 1.87. The number of nitriles is 1. The van der Waals surface area contributed by atoms with Crippen LogP contribution in [0.4, 0.5) is 0 Å². The maximum Gasteiger partial charge on any atom is 0.237 e. The van der Waals surface area contributed by atoms with Crippen LogP contribution in [0, 0.1) is 17.2 Å². The van der Waals surface area contributed by atoms with Crippen molar-refractivity contribution in [3.05, 3.63) is 71.8 Å². The average molecular weight is 452 g/mol. The molecule has 4 nitrogen and oxygen atoms in total. The molecule has 5 heteroatoms. The molecule has 0 aliphatic rings. The molecule has 2 aromatic rings. The molecule has 0 radical (unpaired) electrons. The topological polar surface area (TPSA) is 64.9 Å². The van der Waals surface area contributed by atoms with Crippen molar-refractivity contribution in [2.24, 2.45) is 5.92 Å². The molecule has 0 bridgehead atoms. The molecule has 0 fully saturated rings. The van der Waals surface area contributed by atoms with E-state index >= 15 is 0 Å². The number of nitrogens with one attached hydrogen (secondary N) is 2. The van der Waals surface area contributed by atoms with E-state index in [2.05, 4.69) is 48.9 Å². The zero-order chi connectivity index (χ0) is 23.2. The molecule has 0 saturated heterocycles. The van der Waals surface area contributed by atoms with Crippen LogP contribution in [0.5, 0.6) is 0 Å². The second-order valence-corrected chi connectivity index (χ2v) is 9.51. The second kappa shape index (κ2) is 14.0. The van der Waals surface area contributed by atoms with Gasteiger partial charge < -0.3 is 10.6 Å². The number of carbonyl (C=O) groups is 1. The molecular weight excluding hydrogens is 414 g/mol. The van der Waals surface area contributed by atoms with E-state index in [1.807, 2.05) is 48.5 Å². The van der Waals surface area contributed by atoms with E-state index in [9.17, 15) is 10.1 Å². The number of carbonyl (C=O) groups excluding carboxylic acids is 1. The highest BCUT2D eigenvalue weighted by Gasteiger charge is 2.35. The fourth-order valence-corrected chi connectivity index (χ4v) is 4.52. The first-order valence-electron chi connectivity index (χ1n) is 11.5. The highest BCUT2D eigenvalue weighted by molar-refractivity contribution is 7.98. The average Bonchev–Trinajstić information content (AvgIpc) is 2.82. The minimum Gasteiger partial charge on any atom is -0.355 e. The van der Waals surface area contributed by atoms with Crippen molar-refractivity contribution in [1.29, 1.82) is 5.26 Å². The highest BCUT2D eigenvalue weighted by atomic mass is 32.2. The van der Waals surface area contributed by atoms with Crippen LogP contribution in [0.25, 0.3) is 0 Å². The normalized spacial score (nSPS) is 13.8. The van der Waals surface area contributed by atoms with Gasteiger partial charge in [-0.2, -0.15) is 17.0 Å². The minimum atomic E-state index is -0.530. The van der Waals surface area contributed by atoms with Gasteiger partial charge in [0.25, 0.3) is 0 Å². The van der Waals surface area contributed by atoms with Crippen LogP contribution in [-0.2, 0) is 16.6 Å². The van der Waals surface area contributed by atoms with E-state index < -0.39 is 5.41 Å². The van der Waals surface area contributed by atoms with Crippen molar-refractivity contribution in [3.8, 4) is 6.07 Å². The summed E-state index contributed by atoms with van der Waals surface area (Å²) in [5.41, 5.74) is 1.80. The number of rotatable bonds is 14. The first-order chi connectivity index (χ1) is 15.5. The first-order valence-corrected chi connectivity index (χ1v) is 12.9. The van der Waals surface area contributed by atoms with Crippen LogP contribution in [0.1, 0.15) is 44.2 Å². The van der Waals surface area contributed by atoms with Gasteiger partial charge >= 0.3 is 0 Å². The Kier molecular flexibility index (Phi) is 11.3. The maximum atomic E-state index is 12.8. The third-order valence-electron chi connectivity index (χ3n) is 6.10. The predicted molar refractivity (Wildman–Crippen MR) is 136 cm³/mol. The summed E-state index contributed by atoms with van der Waals surface area (Å²) >= 11 is 1.76. The van der Waals surface area contributed by atoms with Crippen LogP contribution in [0.3, 0.4) is 0 Å². The van der Waals surface area contributed by atoms with Gasteiger partial charge in [0, 0.05) is 6.54 Å². The summed E-state index contributed by atoms with van der Waals surface area (Å²) < 4.78 is 0. The fourth-order valence-electron chi connectivity index (χ4n) is 4.05. The molecule has 2 rings (SSSR count). The molecule has 2 aromatic carbocycles. The highest BCUT2D eigenvalue weighted by Crippen LogP contribution is 2.36. The van der Waals surface area contributed by atoms with Crippen LogP contribution >= 0.6 is 11.8 Å². The maximum absolute atomic E-state index is 12.8. The number of benzene rings is 2. The van der Waals surface area contributed by atoms with Crippen LogP contribution in [0.15, 0.2) is 60.7 Å². The van der Waals surface area contributed by atoms with E-state index in [0.717, 1.165) is 43.5 Å². The summed E-state index contributed by atoms with van der Waals surface area (Å²) in [5, 5.41) is 16.6. The molecule has 0 heterocycles. The lowest BCUT2D eigenvalue weighted by Gasteiger charge is -2.31. The van der Waals surface area contributed by atoms with Gasteiger partial charge in [0.05, 0.1) is 17.5 Å². The molecule has 0 spiro atoms. The molecule has 0 saturated carbocycles. The SMILES string of the molecule is CSCC[C@H](NCCc1ccccc1)C(=O)NCCC[C@@](C#N)(c1ccccc1)C(C)C. The van der Waals surface area contributed by atoms with E-state index in [1.54, 1.807) is 11.8 Å². The lowest BCUT2D eigenvalue weighted by molar-refractivity contribution is -0.123. The zero-order valence-corrected chi connectivity index (χ0v) is 20.5. The van der Waals surface area contributed by atoms with Crippen molar-refractivity contribution in [2.75, 3.05) is 25.1 Å². The molecule has 0 unspecified atom stereocenters. The number of hydrogen-bond acceptors (Lipinski definition) is 4. The monoisotopic (exact) mass is 451 g/mol. The third kappa shape index (κ3) is 7.69. The number of nitrogens with zero attached hydrogens (tertiary/aromatic N) is 1. The predicted octanol–water partition coefficient (Wildman–Crippen LogP) is 4.95. The van der Waals surface area contributed by atoms with E-state index in [1.165, 1.54) is 5.56 Å². The van der Waals surface area contributed by atoms with Gasteiger partial charge in [0.2, 0.25) is 5.91 Å². The summed E-state index contributed by atoms with van der Waals surface area (Å²) in [4.78, 5) is 12.8. The van der Waals surface area contributed by atoms with E-state index in [4.69, 9.17) is 0 Å². The first kappa shape index (κ1) is 26.0. The Morgan fingerprint density at radius 3 is 2.31 bits per heavy atom. The van der Waals surface area contributed by atoms with Gasteiger partial charge in [-0.05, 0) is 61.3 Å². The van der Waals surface area contributed by atoms with Crippen molar-refractivity contribution >= 4 is 17.7 Å². The van der Waals surface area contributed by atoms with Crippen molar-refractivity contribution in [2.45, 2.75) is 51.0 Å². The summed E-state index contributed by atoms with van der Waals surface area (Å²) in [7, 11) is 0. The zero-order valence-electron chi connectivity index (χ0n) is 19.6. The van der Waals surface area contributed by atoms with Crippen LogP contribution in [0.2, 0.25) is 0 Å². The van der Waals surface area contributed by atoms with Crippen molar-refractivity contribution in [1.82, 2.24) is 10.6 Å². The lowest BCUT2D eigenvalue weighted by atomic mass is 9.70. The minimum absolute atomic E-state index is 0.0546. The summed E-state index contributed by atoms with van der Waals surface area (Å²) in [5.74, 6) is 1.19. The Morgan fingerprint density at radius 1 is 1.06 bits per heavy atom. The van der Waals surface area contributed by atoms with Crippen molar-refractivity contribution in [3.63, 3.8) is 0 Å². The molecule has 0 aliphatic heterocycles. The summed E-state index contributed by atoms with van der Waals surface area (Å²) in [6.07, 6.45) is 5.27. The number of amides is 1. The standard InChI is InChI=1S/C27H37N3OS/c1-22(2)27(21-28,24-13-8-5-9-14-24)17-10-18-30-26(31)25(16-20-32-3)29-19-15-23-11-6-4-7-12-23/h4-9,11-14,22,25,29H,10,15-20H2,1-3H3,(H,30,31)/t25-,27-/m0/s1. The van der Waals surface area contributed by atoms with Crippen molar-refractivity contribution < 1.29 is 4.79 Å². The smallest absolute Gasteiger partial charge is 0.237 e. The fraction of sp³-hybridized carbons (Fsp3) is 0.481. The van der Waals surface area contributed by atoms with Gasteiger partial charge in [-0.1, -0.05) is 74.5 Å². The molecule has 32 heavy (non-hydrogen) atoms. The Labute approximate surface area is 198 Å². The Morgan fingerprint density at radius 2 is 1.72 bits per heavy atom. The molecule has 2 atom stereocenters. The van der Waals surface area contributed by atoms with Gasteiger partial charge in [-0.15, -0.1) is 0 Å². The summed E-state index contributed by atoms with van der Waals surface area (Å²) in [6.45, 7) is 5.56. The van der Waals surface area contributed by atoms with E-state index in [-0.39, 0.29) is 17.9 Å². The van der Waals surface area contributed by atoms with Gasteiger partial charge in [0.15, 0.2) is 0 Å². The quantitative estimate of drug-likeness (QED) is 0.399. The van der Waals surface area contributed by atoms with Gasteiger partial charge in [0.1, 0.15) is 0 Å².